The Kier molecular flexibility index (Phi) is 5.11. The second-order valence-corrected chi connectivity index (χ2v) is 8.38. The van der Waals surface area contributed by atoms with Crippen LogP contribution in [0.15, 0.2) is 60.4 Å². The number of nitrogens with one attached hydrogen (secondary N) is 1. The molecule has 0 saturated heterocycles. The summed E-state index contributed by atoms with van der Waals surface area (Å²) in [5, 5.41) is 20.1. The second-order valence-electron chi connectivity index (χ2n) is 7.18. The van der Waals surface area contributed by atoms with Crippen LogP contribution in [-0.4, -0.2) is 28.6 Å². The highest BCUT2D eigenvalue weighted by atomic mass is 32.1. The fourth-order valence-electron chi connectivity index (χ4n) is 3.41. The first kappa shape index (κ1) is 19.2. The van der Waals surface area contributed by atoms with E-state index in [1.54, 1.807) is 4.90 Å². The predicted octanol–water partition coefficient (Wildman–Crippen LogP) is 5.67. The molecule has 2 aromatic carbocycles. The van der Waals surface area contributed by atoms with Crippen molar-refractivity contribution in [1.29, 1.82) is 5.41 Å². The number of thiazole rings is 1. The third-order valence-corrected chi connectivity index (χ3v) is 5.67. The normalized spacial score (nSPS) is 14.2. The van der Waals surface area contributed by atoms with Gasteiger partial charge < -0.3 is 14.7 Å². The summed E-state index contributed by atoms with van der Waals surface area (Å²) in [6.45, 7) is 6.18. The molecule has 1 aliphatic rings. The van der Waals surface area contributed by atoms with Crippen LogP contribution in [0, 0.1) is 12.3 Å². The van der Waals surface area contributed by atoms with Crippen LogP contribution in [0.1, 0.15) is 23.7 Å². The van der Waals surface area contributed by atoms with E-state index in [2.05, 4.69) is 0 Å². The lowest BCUT2D eigenvalue weighted by atomic mass is 10.1. The third kappa shape index (κ3) is 3.63. The number of aliphatic hydroxyl groups excluding tert-OH is 1. The van der Waals surface area contributed by atoms with Crippen LogP contribution in [0.3, 0.4) is 0 Å². The molecule has 0 unspecified atom stereocenters. The smallest absolute Gasteiger partial charge is 0.143 e. The molecule has 0 aliphatic carbocycles. The molecular formula is C23H23N3O2S. The topological polar surface area (TPSA) is 69.4 Å². The summed E-state index contributed by atoms with van der Waals surface area (Å²) < 4.78 is 5.91. The Morgan fingerprint density at radius 3 is 2.52 bits per heavy atom. The van der Waals surface area contributed by atoms with Gasteiger partial charge in [-0.1, -0.05) is 42.5 Å². The molecule has 5 nitrogen and oxygen atoms in total. The SMILES string of the molecule is Cc1sc(C2=C(O)CN(c3ccccc3OC(C)C)C2=N)nc1-c1ccccc1. The van der Waals surface area contributed by atoms with Crippen molar-refractivity contribution in [3.05, 3.63) is 70.2 Å². The largest absolute Gasteiger partial charge is 0.510 e. The van der Waals surface area contributed by atoms with Gasteiger partial charge in [0.15, 0.2) is 0 Å². The van der Waals surface area contributed by atoms with Gasteiger partial charge in [0.1, 0.15) is 22.4 Å². The van der Waals surface area contributed by atoms with Gasteiger partial charge in [0.05, 0.1) is 29.6 Å². The van der Waals surface area contributed by atoms with E-state index in [0.717, 1.165) is 21.8 Å². The van der Waals surface area contributed by atoms with E-state index in [9.17, 15) is 5.11 Å². The zero-order chi connectivity index (χ0) is 20.5. The number of aryl methyl sites for hydroxylation is 1. The molecule has 0 saturated carbocycles. The van der Waals surface area contributed by atoms with Crippen LogP contribution in [0.2, 0.25) is 0 Å². The fraction of sp³-hybridized carbons (Fsp3) is 0.217. The van der Waals surface area contributed by atoms with Gasteiger partial charge in [-0.2, -0.15) is 0 Å². The van der Waals surface area contributed by atoms with Gasteiger partial charge in [0.2, 0.25) is 0 Å². The molecule has 0 spiro atoms. The number of hydrogen-bond acceptors (Lipinski definition) is 5. The Morgan fingerprint density at radius 2 is 1.79 bits per heavy atom. The summed E-state index contributed by atoms with van der Waals surface area (Å²) in [6.07, 6.45) is 0.0176. The van der Waals surface area contributed by atoms with Crippen molar-refractivity contribution < 1.29 is 9.84 Å². The maximum atomic E-state index is 10.7. The molecule has 2 heterocycles. The molecule has 6 heteroatoms. The van der Waals surface area contributed by atoms with Crippen molar-refractivity contribution in [3.63, 3.8) is 0 Å². The highest BCUT2D eigenvalue weighted by molar-refractivity contribution is 7.13. The molecule has 3 aromatic rings. The van der Waals surface area contributed by atoms with Gasteiger partial charge in [-0.05, 0) is 32.9 Å². The van der Waals surface area contributed by atoms with Crippen LogP contribution in [0.4, 0.5) is 5.69 Å². The average molecular weight is 406 g/mol. The Balaban J connectivity index is 1.68. The first-order chi connectivity index (χ1) is 14.0. The monoisotopic (exact) mass is 405 g/mol. The van der Waals surface area contributed by atoms with E-state index in [1.807, 2.05) is 75.4 Å². The molecule has 0 atom stereocenters. The standard InChI is InChI=1S/C23H23N3O2S/c1-14(2)28-19-12-8-7-11-17(19)26-13-18(27)20(22(26)24)23-25-21(15(3)29-23)16-9-5-4-6-10-16/h4-12,14,24,27H,13H2,1-3H3. The van der Waals surface area contributed by atoms with Gasteiger partial charge in [-0.25, -0.2) is 4.98 Å². The number of aromatic nitrogens is 1. The minimum Gasteiger partial charge on any atom is -0.510 e. The molecule has 1 aromatic heterocycles. The molecule has 29 heavy (non-hydrogen) atoms. The maximum absolute atomic E-state index is 10.7. The number of nitrogens with zero attached hydrogens (tertiary/aromatic N) is 2. The summed E-state index contributed by atoms with van der Waals surface area (Å²) in [7, 11) is 0. The average Bonchev–Trinajstić information content (AvgIpc) is 3.21. The van der Waals surface area contributed by atoms with E-state index in [4.69, 9.17) is 15.1 Å². The lowest BCUT2D eigenvalue weighted by Gasteiger charge is -2.23. The van der Waals surface area contributed by atoms with Gasteiger partial charge >= 0.3 is 0 Å². The zero-order valence-corrected chi connectivity index (χ0v) is 17.5. The lowest BCUT2D eigenvalue weighted by Crippen LogP contribution is -2.27. The lowest BCUT2D eigenvalue weighted by molar-refractivity contribution is 0.243. The van der Waals surface area contributed by atoms with Crippen LogP contribution in [-0.2, 0) is 0 Å². The number of amidine groups is 1. The van der Waals surface area contributed by atoms with Crippen molar-refractivity contribution in [1.82, 2.24) is 4.98 Å². The summed E-state index contributed by atoms with van der Waals surface area (Å²) >= 11 is 1.50. The van der Waals surface area contributed by atoms with Gasteiger partial charge in [0, 0.05) is 10.4 Å². The zero-order valence-electron chi connectivity index (χ0n) is 16.6. The Hall–Kier alpha value is -3.12. The van der Waals surface area contributed by atoms with Gasteiger partial charge in [-0.3, -0.25) is 5.41 Å². The summed E-state index contributed by atoms with van der Waals surface area (Å²) in [4.78, 5) is 7.59. The Labute approximate surface area is 174 Å². The quantitative estimate of drug-likeness (QED) is 0.574. The summed E-state index contributed by atoms with van der Waals surface area (Å²) in [5.41, 5.74) is 3.18. The first-order valence-electron chi connectivity index (χ1n) is 9.53. The van der Waals surface area contributed by atoms with E-state index >= 15 is 0 Å². The minimum absolute atomic E-state index is 0.0176. The van der Waals surface area contributed by atoms with E-state index < -0.39 is 0 Å². The Morgan fingerprint density at radius 1 is 1.10 bits per heavy atom. The van der Waals surface area contributed by atoms with E-state index in [0.29, 0.717) is 16.3 Å². The van der Waals surface area contributed by atoms with E-state index in [-0.39, 0.29) is 24.2 Å². The van der Waals surface area contributed by atoms with Crippen molar-refractivity contribution in [3.8, 4) is 17.0 Å². The molecule has 0 fully saturated rings. The molecule has 0 bridgehead atoms. The predicted molar refractivity (Wildman–Crippen MR) is 119 cm³/mol. The third-order valence-electron chi connectivity index (χ3n) is 4.68. The highest BCUT2D eigenvalue weighted by Gasteiger charge is 2.33. The number of ether oxygens (including phenoxy) is 1. The van der Waals surface area contributed by atoms with Crippen molar-refractivity contribution in [2.75, 3.05) is 11.4 Å². The first-order valence-corrected chi connectivity index (χ1v) is 10.3. The molecule has 4 rings (SSSR count). The van der Waals surface area contributed by atoms with Crippen LogP contribution in [0.5, 0.6) is 5.75 Å². The molecule has 1 aliphatic heterocycles. The Bertz CT molecular complexity index is 1090. The van der Waals surface area contributed by atoms with Gasteiger partial charge in [-0.15, -0.1) is 11.3 Å². The van der Waals surface area contributed by atoms with Crippen molar-refractivity contribution in [2.45, 2.75) is 26.9 Å². The maximum Gasteiger partial charge on any atom is 0.143 e. The number of rotatable bonds is 5. The van der Waals surface area contributed by atoms with Crippen LogP contribution < -0.4 is 9.64 Å². The van der Waals surface area contributed by atoms with Crippen LogP contribution in [0.25, 0.3) is 16.8 Å². The highest BCUT2D eigenvalue weighted by Crippen LogP contribution is 2.39. The van der Waals surface area contributed by atoms with Crippen molar-refractivity contribution >= 4 is 28.4 Å². The summed E-state index contributed by atoms with van der Waals surface area (Å²) in [6, 6.07) is 17.6. The fourth-order valence-corrected chi connectivity index (χ4v) is 4.41. The number of benzene rings is 2. The number of anilines is 1. The second kappa shape index (κ2) is 7.72. The number of aliphatic hydroxyl groups is 1. The number of hydrogen-bond donors (Lipinski definition) is 2. The van der Waals surface area contributed by atoms with Gasteiger partial charge in [0.25, 0.3) is 0 Å². The molecule has 148 valence electrons. The molecular weight excluding hydrogens is 382 g/mol. The molecule has 0 amide bonds. The minimum atomic E-state index is 0.0176. The van der Waals surface area contributed by atoms with Crippen LogP contribution >= 0.6 is 11.3 Å². The van der Waals surface area contributed by atoms with Crippen molar-refractivity contribution in [2.24, 2.45) is 0 Å². The summed E-state index contributed by atoms with van der Waals surface area (Å²) in [5.74, 6) is 1.08. The van der Waals surface area contributed by atoms with E-state index in [1.165, 1.54) is 11.3 Å². The molecule has 2 N–H and O–H groups in total. The molecule has 0 radical (unpaired) electrons. The number of para-hydroxylation sites is 2.